The molecule has 0 atom stereocenters. The minimum absolute atomic E-state index is 0.184. The fourth-order valence-corrected chi connectivity index (χ4v) is 3.52. The number of para-hydroxylation sites is 2. The first kappa shape index (κ1) is 16.8. The van der Waals surface area contributed by atoms with Crippen molar-refractivity contribution in [3.8, 4) is 0 Å². The molecule has 3 heteroatoms. The zero-order valence-corrected chi connectivity index (χ0v) is 14.8. The molecule has 0 N–H and O–H groups in total. The molecule has 2 nitrogen and oxygen atoms in total. The molecule has 0 bridgehead atoms. The van der Waals surface area contributed by atoms with Gasteiger partial charge in [0, 0.05) is 43.2 Å². The molecule has 2 aromatic rings. The normalized spacial score (nSPS) is 11.3. The largest absolute Gasteiger partial charge is 0.374 e. The molecule has 0 radical (unpaired) electrons. The third-order valence-corrected chi connectivity index (χ3v) is 4.48. The number of benzene rings is 2. The first-order valence-corrected chi connectivity index (χ1v) is 8.83. The zero-order valence-electron chi connectivity index (χ0n) is 14.0. The van der Waals surface area contributed by atoms with Crippen LogP contribution in [0.3, 0.4) is 0 Å². The van der Waals surface area contributed by atoms with Gasteiger partial charge in [0.15, 0.2) is 0 Å². The number of hydrogen-bond acceptors (Lipinski definition) is 3. The Hall–Kier alpha value is -1.61. The average molecular weight is 314 g/mol. The fraction of sp³-hybridized carbons (Fsp3) is 0.368. The van der Waals surface area contributed by atoms with Gasteiger partial charge in [0.2, 0.25) is 0 Å². The van der Waals surface area contributed by atoms with Crippen molar-refractivity contribution in [3.63, 3.8) is 0 Å². The molecule has 0 spiro atoms. The third kappa shape index (κ3) is 4.70. The van der Waals surface area contributed by atoms with E-state index >= 15 is 0 Å². The maximum absolute atomic E-state index is 2.37. The molecule has 0 saturated heterocycles. The summed E-state index contributed by atoms with van der Waals surface area (Å²) in [7, 11) is 2.17. The van der Waals surface area contributed by atoms with Crippen molar-refractivity contribution >= 4 is 23.3 Å². The van der Waals surface area contributed by atoms with Gasteiger partial charge in [0.1, 0.15) is 0 Å². The molecule has 0 fully saturated rings. The SMILES string of the molecule is CSN(CC(C)(C)CN(C)c1ccccc1)c1ccccc1. The van der Waals surface area contributed by atoms with E-state index in [4.69, 9.17) is 0 Å². The minimum Gasteiger partial charge on any atom is -0.374 e. The van der Waals surface area contributed by atoms with Crippen molar-refractivity contribution in [3.05, 3.63) is 60.7 Å². The molecular weight excluding hydrogens is 288 g/mol. The van der Waals surface area contributed by atoms with Gasteiger partial charge >= 0.3 is 0 Å². The van der Waals surface area contributed by atoms with Crippen LogP contribution in [0.2, 0.25) is 0 Å². The Kier molecular flexibility index (Phi) is 5.78. The van der Waals surface area contributed by atoms with Gasteiger partial charge in [0.25, 0.3) is 0 Å². The zero-order chi connectivity index (χ0) is 16.0. The first-order valence-electron chi connectivity index (χ1n) is 7.65. The summed E-state index contributed by atoms with van der Waals surface area (Å²) in [6.07, 6.45) is 2.14. The Balaban J connectivity index is 2.03. The van der Waals surface area contributed by atoms with Crippen LogP contribution >= 0.6 is 11.9 Å². The van der Waals surface area contributed by atoms with Crippen LogP contribution in [-0.4, -0.2) is 26.4 Å². The summed E-state index contributed by atoms with van der Waals surface area (Å²) in [5, 5.41) is 0. The first-order chi connectivity index (χ1) is 10.5. The van der Waals surface area contributed by atoms with E-state index in [0.717, 1.165) is 13.1 Å². The molecular formula is C19H26N2S. The number of hydrogen-bond donors (Lipinski definition) is 0. The molecule has 2 aromatic carbocycles. The van der Waals surface area contributed by atoms with Gasteiger partial charge in [-0.15, -0.1) is 0 Å². The van der Waals surface area contributed by atoms with E-state index in [1.807, 2.05) is 0 Å². The molecule has 22 heavy (non-hydrogen) atoms. The van der Waals surface area contributed by atoms with Crippen molar-refractivity contribution < 1.29 is 0 Å². The Bertz CT molecular complexity index is 554. The van der Waals surface area contributed by atoms with Crippen LogP contribution in [0.5, 0.6) is 0 Å². The molecule has 0 saturated carbocycles. The van der Waals surface area contributed by atoms with Crippen LogP contribution in [0.25, 0.3) is 0 Å². The summed E-state index contributed by atoms with van der Waals surface area (Å²) in [6, 6.07) is 21.2. The van der Waals surface area contributed by atoms with Crippen molar-refractivity contribution in [2.24, 2.45) is 5.41 Å². The summed E-state index contributed by atoms with van der Waals surface area (Å²) in [4.78, 5) is 2.34. The van der Waals surface area contributed by atoms with Gasteiger partial charge in [-0.05, 0) is 24.3 Å². The summed E-state index contributed by atoms with van der Waals surface area (Å²) >= 11 is 1.79. The fourth-order valence-electron chi connectivity index (χ4n) is 2.71. The second kappa shape index (κ2) is 7.59. The lowest BCUT2D eigenvalue weighted by atomic mass is 9.92. The van der Waals surface area contributed by atoms with Crippen LogP contribution in [-0.2, 0) is 0 Å². The highest BCUT2D eigenvalue weighted by molar-refractivity contribution is 7.99. The van der Waals surface area contributed by atoms with E-state index in [1.54, 1.807) is 11.9 Å². The lowest BCUT2D eigenvalue weighted by Gasteiger charge is -2.36. The summed E-state index contributed by atoms with van der Waals surface area (Å²) in [6.45, 7) is 6.69. The average Bonchev–Trinajstić information content (AvgIpc) is 2.54. The molecule has 118 valence electrons. The molecule has 0 aliphatic carbocycles. The lowest BCUT2D eigenvalue weighted by molar-refractivity contribution is 0.388. The quantitative estimate of drug-likeness (QED) is 0.669. The van der Waals surface area contributed by atoms with Gasteiger partial charge in [-0.25, -0.2) is 0 Å². The number of nitrogens with zero attached hydrogens (tertiary/aromatic N) is 2. The van der Waals surface area contributed by atoms with Crippen LogP contribution < -0.4 is 9.21 Å². The predicted molar refractivity (Wildman–Crippen MR) is 101 cm³/mol. The predicted octanol–water partition coefficient (Wildman–Crippen LogP) is 4.93. The van der Waals surface area contributed by atoms with Gasteiger partial charge in [-0.2, -0.15) is 0 Å². The standard InChI is InChI=1S/C19H26N2S/c1-19(2,15-20(3)17-11-7-5-8-12-17)16-21(22-4)18-13-9-6-10-14-18/h5-14H,15-16H2,1-4H3. The minimum atomic E-state index is 0.184. The Morgan fingerprint density at radius 2 is 1.32 bits per heavy atom. The second-order valence-corrected chi connectivity index (χ2v) is 7.22. The maximum atomic E-state index is 2.37. The van der Waals surface area contributed by atoms with E-state index in [2.05, 4.69) is 97.0 Å². The molecule has 0 aliphatic heterocycles. The Morgan fingerprint density at radius 1 is 0.818 bits per heavy atom. The van der Waals surface area contributed by atoms with Crippen LogP contribution in [0.4, 0.5) is 11.4 Å². The molecule has 0 unspecified atom stereocenters. The number of anilines is 2. The van der Waals surface area contributed by atoms with Gasteiger partial charge in [-0.1, -0.05) is 62.2 Å². The van der Waals surface area contributed by atoms with Crippen molar-refractivity contribution in [2.75, 3.05) is 35.6 Å². The van der Waals surface area contributed by atoms with Crippen molar-refractivity contribution in [2.45, 2.75) is 13.8 Å². The van der Waals surface area contributed by atoms with E-state index < -0.39 is 0 Å². The molecule has 0 aromatic heterocycles. The number of rotatable bonds is 7. The van der Waals surface area contributed by atoms with E-state index in [-0.39, 0.29) is 5.41 Å². The van der Waals surface area contributed by atoms with E-state index in [9.17, 15) is 0 Å². The van der Waals surface area contributed by atoms with Gasteiger partial charge in [-0.3, -0.25) is 0 Å². The van der Waals surface area contributed by atoms with Crippen molar-refractivity contribution in [1.82, 2.24) is 0 Å². The van der Waals surface area contributed by atoms with E-state index in [0.29, 0.717) is 0 Å². The third-order valence-electron chi connectivity index (χ3n) is 3.70. The lowest BCUT2D eigenvalue weighted by Crippen LogP contribution is -2.39. The van der Waals surface area contributed by atoms with E-state index in [1.165, 1.54) is 11.4 Å². The topological polar surface area (TPSA) is 6.48 Å². The highest BCUT2D eigenvalue weighted by atomic mass is 32.2. The van der Waals surface area contributed by atoms with Crippen LogP contribution in [0.15, 0.2) is 60.7 Å². The molecule has 0 heterocycles. The summed E-state index contributed by atoms with van der Waals surface area (Å²) in [5.41, 5.74) is 2.72. The maximum Gasteiger partial charge on any atom is 0.0469 e. The van der Waals surface area contributed by atoms with Crippen LogP contribution in [0, 0.1) is 5.41 Å². The molecule has 0 aliphatic rings. The monoisotopic (exact) mass is 314 g/mol. The van der Waals surface area contributed by atoms with Gasteiger partial charge < -0.3 is 9.21 Å². The highest BCUT2D eigenvalue weighted by Gasteiger charge is 2.24. The second-order valence-electron chi connectivity index (χ2n) is 6.41. The Morgan fingerprint density at radius 3 is 1.82 bits per heavy atom. The van der Waals surface area contributed by atoms with Crippen LogP contribution in [0.1, 0.15) is 13.8 Å². The highest BCUT2D eigenvalue weighted by Crippen LogP contribution is 2.28. The molecule has 2 rings (SSSR count). The summed E-state index contributed by atoms with van der Waals surface area (Å²) in [5.74, 6) is 0. The molecule has 0 amide bonds. The Labute approximate surface area is 139 Å². The summed E-state index contributed by atoms with van der Waals surface area (Å²) < 4.78 is 2.37. The smallest absolute Gasteiger partial charge is 0.0469 e. The van der Waals surface area contributed by atoms with Gasteiger partial charge in [0.05, 0.1) is 0 Å². The van der Waals surface area contributed by atoms with Crippen molar-refractivity contribution in [1.29, 1.82) is 0 Å².